The summed E-state index contributed by atoms with van der Waals surface area (Å²) in [6, 6.07) is 14.3. The predicted molar refractivity (Wildman–Crippen MR) is 114 cm³/mol. The van der Waals surface area contributed by atoms with Crippen LogP contribution in [0.15, 0.2) is 48.5 Å². The number of carbonyl (C=O) groups is 3. The van der Waals surface area contributed by atoms with Gasteiger partial charge in [0.25, 0.3) is 5.91 Å². The number of halogens is 1. The average Bonchev–Trinajstić information content (AvgIpc) is 3.37. The lowest BCUT2D eigenvalue weighted by Gasteiger charge is -2.28. The van der Waals surface area contributed by atoms with Gasteiger partial charge in [-0.1, -0.05) is 48.0 Å². The molecule has 1 amide bonds. The third kappa shape index (κ3) is 3.99. The summed E-state index contributed by atoms with van der Waals surface area (Å²) in [5, 5.41) is 3.27. The number of fused-ring (bicyclic) bond motifs is 2. The monoisotopic (exact) mass is 425 g/mol. The fourth-order valence-corrected chi connectivity index (χ4v) is 5.14. The minimum absolute atomic E-state index is 0.00348. The van der Waals surface area contributed by atoms with Crippen LogP contribution in [0.25, 0.3) is 0 Å². The van der Waals surface area contributed by atoms with Crippen LogP contribution in [0.1, 0.15) is 35.2 Å². The fraction of sp³-hybridized carbons (Fsp3) is 0.375. The van der Waals surface area contributed by atoms with Gasteiger partial charge in [0.15, 0.2) is 12.4 Å². The van der Waals surface area contributed by atoms with Gasteiger partial charge in [-0.3, -0.25) is 14.4 Å². The van der Waals surface area contributed by atoms with Crippen LogP contribution < -0.4 is 5.32 Å². The van der Waals surface area contributed by atoms with E-state index in [0.717, 1.165) is 24.8 Å². The third-order valence-electron chi connectivity index (χ3n) is 6.44. The van der Waals surface area contributed by atoms with Crippen LogP contribution in [0.2, 0.25) is 5.02 Å². The molecule has 2 aromatic rings. The second kappa shape index (κ2) is 8.60. The highest BCUT2D eigenvalue weighted by atomic mass is 35.5. The summed E-state index contributed by atoms with van der Waals surface area (Å²) in [6.07, 6.45) is 2.76. The minimum Gasteiger partial charge on any atom is -0.455 e. The minimum atomic E-state index is -0.475. The normalized spacial score (nSPS) is 24.5. The number of Topliss-reactive ketones (excluding diaryl/α,β-unsaturated/α-hetero) is 1. The van der Waals surface area contributed by atoms with E-state index in [-0.39, 0.29) is 30.1 Å². The van der Waals surface area contributed by atoms with E-state index in [9.17, 15) is 14.4 Å². The second-order valence-electron chi connectivity index (χ2n) is 8.18. The number of carbonyl (C=O) groups excluding carboxylic acids is 3. The molecule has 2 aliphatic rings. The lowest BCUT2D eigenvalue weighted by atomic mass is 9.75. The zero-order chi connectivity index (χ0) is 21.3. The predicted octanol–water partition coefficient (Wildman–Crippen LogP) is 4.68. The van der Waals surface area contributed by atoms with Gasteiger partial charge in [-0.2, -0.15) is 0 Å². The summed E-state index contributed by atoms with van der Waals surface area (Å²) < 4.78 is 5.36. The first-order chi connectivity index (χ1) is 14.5. The summed E-state index contributed by atoms with van der Waals surface area (Å²) in [5.41, 5.74) is 1.96. The van der Waals surface area contributed by atoms with Crippen molar-refractivity contribution in [2.45, 2.75) is 26.2 Å². The molecule has 0 radical (unpaired) electrons. The molecule has 4 rings (SSSR count). The van der Waals surface area contributed by atoms with E-state index in [1.165, 1.54) is 0 Å². The molecule has 2 aliphatic carbocycles. The lowest BCUT2D eigenvalue weighted by Crippen LogP contribution is -2.37. The summed E-state index contributed by atoms with van der Waals surface area (Å²) >= 11 is 6.07. The summed E-state index contributed by atoms with van der Waals surface area (Å²) in [6.45, 7) is 1.42. The zero-order valence-corrected chi connectivity index (χ0v) is 17.5. The molecule has 6 heteroatoms. The van der Waals surface area contributed by atoms with Gasteiger partial charge in [-0.25, -0.2) is 0 Å². The van der Waals surface area contributed by atoms with Crippen molar-refractivity contribution in [3.63, 3.8) is 0 Å². The van der Waals surface area contributed by atoms with E-state index < -0.39 is 17.8 Å². The Morgan fingerprint density at radius 2 is 1.70 bits per heavy atom. The first-order valence-corrected chi connectivity index (χ1v) is 10.6. The number of ether oxygens (including phenoxy) is 1. The molecule has 1 N–H and O–H groups in total. The molecule has 156 valence electrons. The third-order valence-corrected chi connectivity index (χ3v) is 6.85. The van der Waals surface area contributed by atoms with Gasteiger partial charge in [0.2, 0.25) is 0 Å². The number of hydrogen-bond donors (Lipinski definition) is 1. The molecule has 2 bridgehead atoms. The number of hydrogen-bond acceptors (Lipinski definition) is 4. The molecule has 2 fully saturated rings. The van der Waals surface area contributed by atoms with Gasteiger partial charge in [0.1, 0.15) is 0 Å². The molecule has 30 heavy (non-hydrogen) atoms. The van der Waals surface area contributed by atoms with Crippen LogP contribution in [0.5, 0.6) is 0 Å². The van der Waals surface area contributed by atoms with Crippen molar-refractivity contribution in [2.75, 3.05) is 11.9 Å². The maximum absolute atomic E-state index is 13.1. The maximum atomic E-state index is 13.1. The molecule has 0 unspecified atom stereocenters. The maximum Gasteiger partial charge on any atom is 0.310 e. The number of ketones is 1. The molecule has 2 saturated carbocycles. The van der Waals surface area contributed by atoms with E-state index >= 15 is 0 Å². The van der Waals surface area contributed by atoms with E-state index in [2.05, 4.69) is 5.32 Å². The number of amides is 1. The quantitative estimate of drug-likeness (QED) is 0.539. The van der Waals surface area contributed by atoms with Gasteiger partial charge in [-0.15, -0.1) is 0 Å². The Hall–Kier alpha value is -2.66. The number of anilines is 1. The van der Waals surface area contributed by atoms with Crippen LogP contribution in [-0.4, -0.2) is 24.3 Å². The second-order valence-corrected chi connectivity index (χ2v) is 8.59. The van der Waals surface area contributed by atoms with E-state index in [1.54, 1.807) is 37.3 Å². The molecule has 0 spiro atoms. The molecule has 0 saturated heterocycles. The van der Waals surface area contributed by atoms with Gasteiger partial charge in [0, 0.05) is 22.2 Å². The Morgan fingerprint density at radius 1 is 1.00 bits per heavy atom. The Bertz CT molecular complexity index is 974. The summed E-state index contributed by atoms with van der Waals surface area (Å²) in [4.78, 5) is 38.3. The lowest BCUT2D eigenvalue weighted by molar-refractivity contribution is -0.154. The molecule has 0 aromatic heterocycles. The highest BCUT2D eigenvalue weighted by Crippen LogP contribution is 2.53. The topological polar surface area (TPSA) is 72.5 Å². The number of rotatable bonds is 6. The van der Waals surface area contributed by atoms with Crippen molar-refractivity contribution in [3.8, 4) is 0 Å². The Balaban J connectivity index is 1.41. The van der Waals surface area contributed by atoms with Crippen LogP contribution in [-0.2, 0) is 14.3 Å². The van der Waals surface area contributed by atoms with Crippen molar-refractivity contribution in [1.82, 2.24) is 0 Å². The molecular formula is C24H24ClNO4. The van der Waals surface area contributed by atoms with Crippen molar-refractivity contribution in [1.29, 1.82) is 0 Å². The zero-order valence-electron chi connectivity index (χ0n) is 16.8. The van der Waals surface area contributed by atoms with Crippen molar-refractivity contribution in [3.05, 3.63) is 64.7 Å². The van der Waals surface area contributed by atoms with Gasteiger partial charge in [0.05, 0.1) is 5.92 Å². The molecule has 0 heterocycles. The molecule has 2 aromatic carbocycles. The Kier molecular flexibility index (Phi) is 5.91. The largest absolute Gasteiger partial charge is 0.455 e. The van der Waals surface area contributed by atoms with Crippen molar-refractivity contribution < 1.29 is 19.1 Å². The highest BCUT2D eigenvalue weighted by Gasteiger charge is 2.54. The molecular weight excluding hydrogens is 402 g/mol. The average molecular weight is 426 g/mol. The summed E-state index contributed by atoms with van der Waals surface area (Å²) in [7, 11) is 0. The van der Waals surface area contributed by atoms with Gasteiger partial charge in [-0.05, 0) is 55.7 Å². The SMILES string of the molecule is Cc1c(Cl)cccc1NC(=O)COC(=O)[C@H]1[C@H]2CC[C@@H](C2)[C@H]1C(=O)c1ccccc1. The number of nitrogens with one attached hydrogen (secondary N) is 1. The Morgan fingerprint density at radius 3 is 2.43 bits per heavy atom. The first kappa shape index (κ1) is 20.6. The van der Waals surface area contributed by atoms with E-state index in [0.29, 0.717) is 16.3 Å². The number of esters is 1. The van der Waals surface area contributed by atoms with Crippen LogP contribution in [0.4, 0.5) is 5.69 Å². The van der Waals surface area contributed by atoms with E-state index in [4.69, 9.17) is 16.3 Å². The molecule has 0 aliphatic heterocycles. The first-order valence-electron chi connectivity index (χ1n) is 10.3. The van der Waals surface area contributed by atoms with Crippen molar-refractivity contribution >= 4 is 34.9 Å². The molecule has 4 atom stereocenters. The van der Waals surface area contributed by atoms with Crippen LogP contribution in [0.3, 0.4) is 0 Å². The standard InChI is InChI=1S/C24H24ClNO4/c1-14-18(25)8-5-9-19(14)26-20(27)13-30-24(29)22-17-11-10-16(12-17)21(22)23(28)15-6-3-2-4-7-15/h2-9,16-17,21-22H,10-13H2,1H3,(H,26,27)/t16-,17-,21+,22-/m0/s1. The Labute approximate surface area is 180 Å². The fourth-order valence-electron chi connectivity index (χ4n) is 4.96. The van der Waals surface area contributed by atoms with Crippen LogP contribution in [0, 0.1) is 30.6 Å². The van der Waals surface area contributed by atoms with Gasteiger partial charge >= 0.3 is 5.97 Å². The smallest absolute Gasteiger partial charge is 0.310 e. The number of benzene rings is 2. The highest BCUT2D eigenvalue weighted by molar-refractivity contribution is 6.31. The van der Waals surface area contributed by atoms with Gasteiger partial charge < -0.3 is 10.1 Å². The van der Waals surface area contributed by atoms with Crippen molar-refractivity contribution in [2.24, 2.45) is 23.7 Å². The summed E-state index contributed by atoms with van der Waals surface area (Å²) in [5.74, 6) is -1.35. The van der Waals surface area contributed by atoms with E-state index in [1.807, 2.05) is 18.2 Å². The van der Waals surface area contributed by atoms with Crippen LogP contribution >= 0.6 is 11.6 Å². The molecule has 5 nitrogen and oxygen atoms in total.